The zero-order valence-corrected chi connectivity index (χ0v) is 29.0. The molecule has 0 nitrogen and oxygen atoms in total. The molecule has 228 valence electrons. The van der Waals surface area contributed by atoms with Crippen molar-refractivity contribution in [2.45, 2.75) is 120 Å². The molecule has 0 unspecified atom stereocenters. The lowest BCUT2D eigenvalue weighted by atomic mass is 10.0. The Hall–Kier alpha value is -3.12. The maximum absolute atomic E-state index is 2.30. The van der Waals surface area contributed by atoms with Gasteiger partial charge in [-0.25, -0.2) is 0 Å². The van der Waals surface area contributed by atoms with E-state index in [2.05, 4.69) is 180 Å². The van der Waals surface area contributed by atoms with Crippen LogP contribution in [-0.4, -0.2) is 0 Å². The van der Waals surface area contributed by atoms with Gasteiger partial charge in [-0.2, -0.15) is 0 Å². The molecule has 0 heterocycles. The number of rotatable bonds is 6. The lowest BCUT2D eigenvalue weighted by molar-refractivity contribution is 0.862. The van der Waals surface area contributed by atoms with Gasteiger partial charge in [0.1, 0.15) is 0 Å². The first-order chi connectivity index (χ1) is 19.9. The second-order valence-electron chi connectivity index (χ2n) is 12.6. The molecular formula is C42H60. The normalized spacial score (nSPS) is 10.5. The summed E-state index contributed by atoms with van der Waals surface area (Å²) in [6, 6.07) is 35.1. The quantitative estimate of drug-likeness (QED) is 0.218. The second kappa shape index (κ2) is 19.9. The Labute approximate surface area is 260 Å². The van der Waals surface area contributed by atoms with Crippen LogP contribution in [0, 0.1) is 13.8 Å². The zero-order valence-electron chi connectivity index (χ0n) is 29.0. The topological polar surface area (TPSA) is 0 Å². The Balaban J connectivity index is 0.000000280. The van der Waals surface area contributed by atoms with Crippen LogP contribution in [0.2, 0.25) is 0 Å². The predicted molar refractivity (Wildman–Crippen MR) is 190 cm³/mol. The second-order valence-corrected chi connectivity index (χ2v) is 12.6. The minimum absolute atomic E-state index is 0.653. The standard InChI is InChI=1S/2C11H16.2C10H14/c1-4-10-5-7-11(8-6-10)9(2)3;1-4-10-6-5-7-11(8-10)9(2)3;1-8(2)10-6-4-9(3)5-7-10;1-8(2)10-6-4-5-9(3)7-10/h2*5-9H,4H2,1-3H3;2*4-8H,1-3H3. The molecule has 0 radical (unpaired) electrons. The zero-order chi connectivity index (χ0) is 31.7. The van der Waals surface area contributed by atoms with Crippen LogP contribution in [0.5, 0.6) is 0 Å². The van der Waals surface area contributed by atoms with Crippen molar-refractivity contribution in [3.63, 3.8) is 0 Å². The fourth-order valence-corrected chi connectivity index (χ4v) is 4.29. The summed E-state index contributed by atoms with van der Waals surface area (Å²) in [5.41, 5.74) is 11.3. The largest absolute Gasteiger partial charge is 0.0617 e. The molecule has 0 N–H and O–H groups in total. The van der Waals surface area contributed by atoms with Crippen LogP contribution in [0.3, 0.4) is 0 Å². The smallest absolute Gasteiger partial charge is 0.0219 e. The highest BCUT2D eigenvalue weighted by molar-refractivity contribution is 5.27. The SMILES string of the molecule is CCc1ccc(C(C)C)cc1.CCc1cccc(C(C)C)c1.Cc1ccc(C(C)C)cc1.Cc1cccc(C(C)C)c1. The van der Waals surface area contributed by atoms with Gasteiger partial charge >= 0.3 is 0 Å². The minimum atomic E-state index is 0.653. The van der Waals surface area contributed by atoms with E-state index in [-0.39, 0.29) is 0 Å². The van der Waals surface area contributed by atoms with E-state index in [4.69, 9.17) is 0 Å². The third-order valence-corrected chi connectivity index (χ3v) is 7.53. The number of aryl methyl sites for hydroxylation is 4. The number of benzene rings is 4. The van der Waals surface area contributed by atoms with Gasteiger partial charge in [-0.3, -0.25) is 0 Å². The molecule has 0 fully saturated rings. The molecule has 4 aromatic carbocycles. The number of hydrogen-bond acceptors (Lipinski definition) is 0. The average Bonchev–Trinajstić information content (AvgIpc) is 2.98. The first-order valence-corrected chi connectivity index (χ1v) is 16.2. The highest BCUT2D eigenvalue weighted by atomic mass is 14.0. The van der Waals surface area contributed by atoms with Gasteiger partial charge < -0.3 is 0 Å². The summed E-state index contributed by atoms with van der Waals surface area (Å²) in [6.07, 6.45) is 2.28. The van der Waals surface area contributed by atoms with E-state index in [1.54, 1.807) is 0 Å². The van der Waals surface area contributed by atoms with E-state index < -0.39 is 0 Å². The van der Waals surface area contributed by atoms with Crippen molar-refractivity contribution in [2.75, 3.05) is 0 Å². The minimum Gasteiger partial charge on any atom is -0.0617 e. The molecule has 0 saturated heterocycles. The Bertz CT molecular complexity index is 1240. The van der Waals surface area contributed by atoms with Crippen molar-refractivity contribution in [1.29, 1.82) is 0 Å². The molecule has 4 rings (SSSR count). The molecule has 42 heavy (non-hydrogen) atoms. The van der Waals surface area contributed by atoms with Crippen LogP contribution in [0.1, 0.15) is 137 Å². The van der Waals surface area contributed by atoms with E-state index in [1.807, 2.05) is 0 Å². The van der Waals surface area contributed by atoms with Gasteiger partial charge in [0.15, 0.2) is 0 Å². The fraction of sp³-hybridized carbons (Fsp3) is 0.429. The molecule has 0 saturated carbocycles. The van der Waals surface area contributed by atoms with Gasteiger partial charge in [0.2, 0.25) is 0 Å². The lowest BCUT2D eigenvalue weighted by Crippen LogP contribution is -1.88. The van der Waals surface area contributed by atoms with E-state index >= 15 is 0 Å². The molecule has 0 heteroatoms. The van der Waals surface area contributed by atoms with Crippen molar-refractivity contribution in [3.8, 4) is 0 Å². The summed E-state index contributed by atoms with van der Waals surface area (Å²) >= 11 is 0. The molecular weight excluding hydrogens is 504 g/mol. The first kappa shape index (κ1) is 36.9. The summed E-state index contributed by atoms with van der Waals surface area (Å²) in [6.45, 7) is 26.4. The summed E-state index contributed by atoms with van der Waals surface area (Å²) < 4.78 is 0. The van der Waals surface area contributed by atoms with Crippen LogP contribution in [-0.2, 0) is 12.8 Å². The monoisotopic (exact) mass is 564 g/mol. The molecule has 0 bridgehead atoms. The van der Waals surface area contributed by atoms with Crippen molar-refractivity contribution < 1.29 is 0 Å². The summed E-state index contributed by atoms with van der Waals surface area (Å²) in [4.78, 5) is 0. The lowest BCUT2D eigenvalue weighted by Gasteiger charge is -2.05. The Morgan fingerprint density at radius 3 is 1.17 bits per heavy atom. The molecule has 0 aliphatic heterocycles. The first-order valence-electron chi connectivity index (χ1n) is 16.2. The highest BCUT2D eigenvalue weighted by Gasteiger charge is 1.99. The van der Waals surface area contributed by atoms with Crippen molar-refractivity contribution in [2.24, 2.45) is 0 Å². The highest BCUT2D eigenvalue weighted by Crippen LogP contribution is 2.17. The van der Waals surface area contributed by atoms with Crippen LogP contribution in [0.4, 0.5) is 0 Å². The van der Waals surface area contributed by atoms with Crippen molar-refractivity contribution in [3.05, 3.63) is 142 Å². The van der Waals surface area contributed by atoms with E-state index in [1.165, 1.54) is 44.5 Å². The molecule has 0 spiro atoms. The molecule has 0 aliphatic rings. The number of hydrogen-bond donors (Lipinski definition) is 0. The molecule has 0 amide bonds. The van der Waals surface area contributed by atoms with Gasteiger partial charge in [0, 0.05) is 0 Å². The van der Waals surface area contributed by atoms with Crippen molar-refractivity contribution in [1.82, 2.24) is 0 Å². The fourth-order valence-electron chi connectivity index (χ4n) is 4.29. The van der Waals surface area contributed by atoms with E-state index in [9.17, 15) is 0 Å². The summed E-state index contributed by atoms with van der Waals surface area (Å²) in [5.74, 6) is 2.61. The maximum Gasteiger partial charge on any atom is -0.0219 e. The molecule has 0 aliphatic carbocycles. The molecule has 0 aromatic heterocycles. The maximum atomic E-state index is 2.30. The Morgan fingerprint density at radius 1 is 0.381 bits per heavy atom. The van der Waals surface area contributed by atoms with Crippen LogP contribution in [0.25, 0.3) is 0 Å². The van der Waals surface area contributed by atoms with Crippen LogP contribution >= 0.6 is 0 Å². The van der Waals surface area contributed by atoms with E-state index in [0.717, 1.165) is 12.8 Å². The van der Waals surface area contributed by atoms with Gasteiger partial charge in [0.05, 0.1) is 0 Å². The van der Waals surface area contributed by atoms with Gasteiger partial charge in [-0.15, -0.1) is 0 Å². The predicted octanol–water partition coefficient (Wildman–Crippen LogP) is 13.0. The Kier molecular flexibility index (Phi) is 17.5. The molecule has 4 aromatic rings. The van der Waals surface area contributed by atoms with Gasteiger partial charge in [-0.05, 0) is 83.7 Å². The van der Waals surface area contributed by atoms with Gasteiger partial charge in [0.25, 0.3) is 0 Å². The average molecular weight is 565 g/mol. The third kappa shape index (κ3) is 14.7. The summed E-state index contributed by atoms with van der Waals surface area (Å²) in [5, 5.41) is 0. The van der Waals surface area contributed by atoms with Crippen LogP contribution in [0.15, 0.2) is 97.1 Å². The Morgan fingerprint density at radius 2 is 0.786 bits per heavy atom. The van der Waals surface area contributed by atoms with Crippen molar-refractivity contribution >= 4 is 0 Å². The van der Waals surface area contributed by atoms with Gasteiger partial charge in [-0.1, -0.05) is 177 Å². The molecule has 0 atom stereocenters. The summed E-state index contributed by atoms with van der Waals surface area (Å²) in [7, 11) is 0. The van der Waals surface area contributed by atoms with Crippen LogP contribution < -0.4 is 0 Å². The van der Waals surface area contributed by atoms with E-state index in [0.29, 0.717) is 23.7 Å². The third-order valence-electron chi connectivity index (χ3n) is 7.53.